The SMILES string of the molecule is CC(C)[C@@H](C)NC(=O)CSc1ncnc2sc3c(c12)CCC3. The molecule has 0 spiro atoms. The van der Waals surface area contributed by atoms with Crippen molar-refractivity contribution < 1.29 is 4.79 Å². The molecule has 3 rings (SSSR count). The highest BCUT2D eigenvalue weighted by Gasteiger charge is 2.21. The molecule has 1 N–H and O–H groups in total. The molecule has 0 unspecified atom stereocenters. The van der Waals surface area contributed by atoms with E-state index < -0.39 is 0 Å². The molecular formula is C16H21N3OS2. The van der Waals surface area contributed by atoms with E-state index in [0.717, 1.165) is 22.7 Å². The van der Waals surface area contributed by atoms with Crippen LogP contribution < -0.4 is 5.32 Å². The summed E-state index contributed by atoms with van der Waals surface area (Å²) < 4.78 is 0. The molecule has 0 fully saturated rings. The van der Waals surface area contributed by atoms with Crippen LogP contribution in [-0.4, -0.2) is 27.7 Å². The number of amides is 1. The first-order chi connectivity index (χ1) is 10.6. The summed E-state index contributed by atoms with van der Waals surface area (Å²) in [6.07, 6.45) is 5.12. The minimum absolute atomic E-state index is 0.0739. The van der Waals surface area contributed by atoms with Crippen LogP contribution in [0.25, 0.3) is 10.2 Å². The molecule has 0 bridgehead atoms. The highest BCUT2D eigenvalue weighted by molar-refractivity contribution is 8.00. The van der Waals surface area contributed by atoms with E-state index in [1.54, 1.807) is 17.7 Å². The fraction of sp³-hybridized carbons (Fsp3) is 0.562. The number of thiophene rings is 1. The summed E-state index contributed by atoms with van der Waals surface area (Å²) in [5, 5.41) is 5.19. The molecule has 1 aliphatic rings. The van der Waals surface area contributed by atoms with E-state index in [2.05, 4.69) is 29.1 Å². The third-order valence-electron chi connectivity index (χ3n) is 4.20. The molecule has 6 heteroatoms. The van der Waals surface area contributed by atoms with E-state index in [9.17, 15) is 4.79 Å². The second kappa shape index (κ2) is 6.54. The number of aryl methyl sites for hydroxylation is 2. The third-order valence-corrected chi connectivity index (χ3v) is 6.38. The molecule has 4 nitrogen and oxygen atoms in total. The van der Waals surface area contributed by atoms with Gasteiger partial charge in [-0.25, -0.2) is 9.97 Å². The average Bonchev–Trinajstić information content (AvgIpc) is 3.05. The molecule has 0 saturated carbocycles. The lowest BCUT2D eigenvalue weighted by Crippen LogP contribution is -2.37. The van der Waals surface area contributed by atoms with Gasteiger partial charge in [0.15, 0.2) is 0 Å². The Hall–Kier alpha value is -1.14. The van der Waals surface area contributed by atoms with Gasteiger partial charge in [-0.1, -0.05) is 25.6 Å². The fourth-order valence-corrected chi connectivity index (χ4v) is 4.74. The van der Waals surface area contributed by atoms with Crippen molar-refractivity contribution in [3.63, 3.8) is 0 Å². The van der Waals surface area contributed by atoms with Gasteiger partial charge in [0, 0.05) is 16.3 Å². The Morgan fingerprint density at radius 2 is 2.18 bits per heavy atom. The summed E-state index contributed by atoms with van der Waals surface area (Å²) in [7, 11) is 0. The van der Waals surface area contributed by atoms with Gasteiger partial charge in [0.05, 0.1) is 5.75 Å². The van der Waals surface area contributed by atoms with Gasteiger partial charge in [-0.05, 0) is 37.7 Å². The Labute approximate surface area is 139 Å². The van der Waals surface area contributed by atoms with E-state index in [0.29, 0.717) is 11.7 Å². The van der Waals surface area contributed by atoms with E-state index in [1.807, 2.05) is 6.92 Å². The Morgan fingerprint density at radius 1 is 1.36 bits per heavy atom. The topological polar surface area (TPSA) is 54.9 Å². The molecule has 0 saturated heterocycles. The lowest BCUT2D eigenvalue weighted by molar-refractivity contribution is -0.119. The Morgan fingerprint density at radius 3 is 2.95 bits per heavy atom. The van der Waals surface area contributed by atoms with Crippen molar-refractivity contribution in [3.05, 3.63) is 16.8 Å². The fourth-order valence-electron chi connectivity index (χ4n) is 2.61. The van der Waals surface area contributed by atoms with Crippen molar-refractivity contribution >= 4 is 39.2 Å². The largest absolute Gasteiger partial charge is 0.353 e. The minimum Gasteiger partial charge on any atom is -0.353 e. The Bertz CT molecular complexity index is 696. The molecule has 2 aromatic rings. The van der Waals surface area contributed by atoms with Crippen molar-refractivity contribution in [2.75, 3.05) is 5.75 Å². The average molecular weight is 335 g/mol. The predicted molar refractivity (Wildman–Crippen MR) is 92.6 cm³/mol. The highest BCUT2D eigenvalue weighted by Crippen LogP contribution is 2.39. The van der Waals surface area contributed by atoms with Gasteiger partial charge >= 0.3 is 0 Å². The zero-order valence-electron chi connectivity index (χ0n) is 13.2. The molecule has 1 atom stereocenters. The highest BCUT2D eigenvalue weighted by atomic mass is 32.2. The Balaban J connectivity index is 1.73. The maximum absolute atomic E-state index is 12.1. The van der Waals surface area contributed by atoms with Crippen molar-refractivity contribution in [1.29, 1.82) is 0 Å². The quantitative estimate of drug-likeness (QED) is 0.672. The zero-order chi connectivity index (χ0) is 15.7. The van der Waals surface area contributed by atoms with Crippen molar-refractivity contribution in [3.8, 4) is 0 Å². The molecule has 0 aliphatic heterocycles. The summed E-state index contributed by atoms with van der Waals surface area (Å²) >= 11 is 3.31. The van der Waals surface area contributed by atoms with Gasteiger partial charge in [0.2, 0.25) is 5.91 Å². The second-order valence-corrected chi connectivity index (χ2v) is 8.15. The molecule has 118 valence electrons. The maximum Gasteiger partial charge on any atom is 0.230 e. The summed E-state index contributed by atoms with van der Waals surface area (Å²) in [6, 6.07) is 0.198. The normalized spacial score (nSPS) is 15.3. The van der Waals surface area contributed by atoms with E-state index in [4.69, 9.17) is 0 Å². The molecule has 0 aromatic carbocycles. The molecule has 0 radical (unpaired) electrons. The number of carbonyl (C=O) groups excluding carboxylic acids is 1. The summed E-state index contributed by atoms with van der Waals surface area (Å²) in [5.41, 5.74) is 1.42. The van der Waals surface area contributed by atoms with Crippen LogP contribution in [0.2, 0.25) is 0 Å². The maximum atomic E-state index is 12.1. The number of thioether (sulfide) groups is 1. The lowest BCUT2D eigenvalue weighted by atomic mass is 10.1. The third kappa shape index (κ3) is 3.13. The monoisotopic (exact) mass is 335 g/mol. The molecule has 2 aromatic heterocycles. The summed E-state index contributed by atoms with van der Waals surface area (Å²) in [5.74, 6) is 0.929. The van der Waals surface area contributed by atoms with Gasteiger partial charge in [0.1, 0.15) is 16.2 Å². The molecule has 1 aliphatic carbocycles. The number of hydrogen-bond acceptors (Lipinski definition) is 5. The number of rotatable bonds is 5. The second-order valence-electron chi connectivity index (χ2n) is 6.11. The number of nitrogens with zero attached hydrogens (tertiary/aromatic N) is 2. The van der Waals surface area contributed by atoms with Crippen LogP contribution in [-0.2, 0) is 17.6 Å². The van der Waals surface area contributed by atoms with Crippen LogP contribution in [0, 0.1) is 5.92 Å². The van der Waals surface area contributed by atoms with Crippen LogP contribution in [0.5, 0.6) is 0 Å². The number of nitrogens with one attached hydrogen (secondary N) is 1. The number of fused-ring (bicyclic) bond motifs is 3. The van der Waals surface area contributed by atoms with Gasteiger partial charge in [-0.2, -0.15) is 0 Å². The van der Waals surface area contributed by atoms with Gasteiger partial charge in [-0.15, -0.1) is 11.3 Å². The number of aromatic nitrogens is 2. The first kappa shape index (κ1) is 15.7. The smallest absolute Gasteiger partial charge is 0.230 e. The minimum atomic E-state index is 0.0739. The lowest BCUT2D eigenvalue weighted by Gasteiger charge is -2.17. The van der Waals surface area contributed by atoms with Crippen molar-refractivity contribution in [2.24, 2.45) is 5.92 Å². The van der Waals surface area contributed by atoms with Crippen molar-refractivity contribution in [1.82, 2.24) is 15.3 Å². The zero-order valence-corrected chi connectivity index (χ0v) is 14.8. The number of hydrogen-bond donors (Lipinski definition) is 1. The van der Waals surface area contributed by atoms with Crippen LogP contribution in [0.4, 0.5) is 0 Å². The molecule has 2 heterocycles. The van der Waals surface area contributed by atoms with Gasteiger partial charge in [-0.3, -0.25) is 4.79 Å². The van der Waals surface area contributed by atoms with Gasteiger partial charge < -0.3 is 5.32 Å². The van der Waals surface area contributed by atoms with Crippen LogP contribution >= 0.6 is 23.1 Å². The molecule has 22 heavy (non-hydrogen) atoms. The molecule has 1 amide bonds. The van der Waals surface area contributed by atoms with E-state index in [-0.39, 0.29) is 11.9 Å². The Kier molecular flexibility index (Phi) is 4.68. The number of carbonyl (C=O) groups is 1. The van der Waals surface area contributed by atoms with Crippen LogP contribution in [0.1, 0.15) is 37.6 Å². The van der Waals surface area contributed by atoms with Crippen molar-refractivity contribution in [2.45, 2.75) is 51.1 Å². The van der Waals surface area contributed by atoms with E-state index >= 15 is 0 Å². The van der Waals surface area contributed by atoms with Gasteiger partial charge in [0.25, 0.3) is 0 Å². The first-order valence-electron chi connectivity index (χ1n) is 7.73. The summed E-state index contributed by atoms with van der Waals surface area (Å²) in [6.45, 7) is 6.27. The van der Waals surface area contributed by atoms with E-state index in [1.165, 1.54) is 34.0 Å². The summed E-state index contributed by atoms with van der Waals surface area (Å²) in [4.78, 5) is 23.4. The molecular weight excluding hydrogens is 314 g/mol. The predicted octanol–water partition coefficient (Wildman–Crippen LogP) is 3.43. The van der Waals surface area contributed by atoms with Crippen LogP contribution in [0.3, 0.4) is 0 Å². The standard InChI is InChI=1S/C16H21N3OS2/c1-9(2)10(3)19-13(20)7-21-15-14-11-5-4-6-12(11)22-16(14)18-8-17-15/h8-10H,4-7H2,1-3H3,(H,19,20)/t10-/m1/s1. The van der Waals surface area contributed by atoms with Crippen LogP contribution in [0.15, 0.2) is 11.4 Å². The first-order valence-corrected chi connectivity index (χ1v) is 9.54.